The molecule has 0 radical (unpaired) electrons. The number of hydrogen-bond donors (Lipinski definition) is 2. The fraction of sp³-hybridized carbons (Fsp3) is 0.217. The maximum Gasteiger partial charge on any atom is 0.261 e. The minimum Gasteiger partial charge on any atom is -0.358 e. The molecule has 2 N–H and O–H groups in total. The van der Waals surface area contributed by atoms with Crippen LogP contribution in [0.5, 0.6) is 0 Å². The van der Waals surface area contributed by atoms with Gasteiger partial charge in [0.05, 0.1) is 12.7 Å². The van der Waals surface area contributed by atoms with Gasteiger partial charge in [-0.25, -0.2) is 0 Å². The Labute approximate surface area is 180 Å². The van der Waals surface area contributed by atoms with Crippen LogP contribution in [-0.4, -0.2) is 52.5 Å². The number of aryl methyl sites for hydroxylation is 2. The van der Waals surface area contributed by atoms with Crippen molar-refractivity contribution in [3.63, 3.8) is 0 Å². The highest BCUT2D eigenvalue weighted by molar-refractivity contribution is 6.12. The monoisotopic (exact) mass is 416 g/mol. The maximum atomic E-state index is 12.8. The molecule has 2 aromatic carbocycles. The average Bonchev–Trinajstić information content (AvgIpc) is 3.35. The summed E-state index contributed by atoms with van der Waals surface area (Å²) in [4.78, 5) is 32.1. The molecule has 158 valence electrons. The number of aliphatic imine (C=N–C) groups is 1. The SMILES string of the molecule is Cc1ccc(NC(=O)c2cnn(C)c2NC(=O)c2ccc(C3=NCCN3C)cc2)cc1. The van der Waals surface area contributed by atoms with Crippen molar-refractivity contribution < 1.29 is 9.59 Å². The number of rotatable bonds is 5. The summed E-state index contributed by atoms with van der Waals surface area (Å²) in [7, 11) is 3.67. The van der Waals surface area contributed by atoms with E-state index in [9.17, 15) is 9.59 Å². The third-order valence-electron chi connectivity index (χ3n) is 5.19. The number of carbonyl (C=O) groups excluding carboxylic acids is 2. The second kappa shape index (κ2) is 8.43. The van der Waals surface area contributed by atoms with Gasteiger partial charge in [-0.3, -0.25) is 19.3 Å². The van der Waals surface area contributed by atoms with Crippen molar-refractivity contribution in [3.8, 4) is 0 Å². The van der Waals surface area contributed by atoms with Gasteiger partial charge >= 0.3 is 0 Å². The van der Waals surface area contributed by atoms with Crippen LogP contribution in [0.4, 0.5) is 11.5 Å². The Morgan fingerprint density at radius 2 is 1.65 bits per heavy atom. The number of carbonyl (C=O) groups is 2. The molecule has 0 spiro atoms. The average molecular weight is 416 g/mol. The number of amidine groups is 1. The van der Waals surface area contributed by atoms with Crippen molar-refractivity contribution in [2.24, 2.45) is 12.0 Å². The Balaban J connectivity index is 1.49. The summed E-state index contributed by atoms with van der Waals surface area (Å²) in [5.74, 6) is 0.596. The number of amides is 2. The molecular formula is C23H24N6O2. The first-order valence-corrected chi connectivity index (χ1v) is 10.00. The third-order valence-corrected chi connectivity index (χ3v) is 5.19. The summed E-state index contributed by atoms with van der Waals surface area (Å²) in [5, 5.41) is 9.78. The molecular weight excluding hydrogens is 392 g/mol. The lowest BCUT2D eigenvalue weighted by Crippen LogP contribution is -2.23. The Hall–Kier alpha value is -3.94. The van der Waals surface area contributed by atoms with E-state index in [2.05, 4.69) is 25.6 Å². The zero-order valence-corrected chi connectivity index (χ0v) is 17.7. The van der Waals surface area contributed by atoms with Crippen LogP contribution in [0.2, 0.25) is 0 Å². The van der Waals surface area contributed by atoms with E-state index in [0.717, 1.165) is 30.1 Å². The topological polar surface area (TPSA) is 91.6 Å². The molecule has 1 aromatic heterocycles. The molecule has 31 heavy (non-hydrogen) atoms. The number of nitrogens with zero attached hydrogens (tertiary/aromatic N) is 4. The largest absolute Gasteiger partial charge is 0.358 e. The van der Waals surface area contributed by atoms with Crippen LogP contribution in [0.3, 0.4) is 0 Å². The van der Waals surface area contributed by atoms with Gasteiger partial charge in [-0.05, 0) is 31.2 Å². The molecule has 0 saturated heterocycles. The van der Waals surface area contributed by atoms with Crippen molar-refractivity contribution in [2.45, 2.75) is 6.92 Å². The summed E-state index contributed by atoms with van der Waals surface area (Å²) in [6.45, 7) is 3.65. The number of aromatic nitrogens is 2. The van der Waals surface area contributed by atoms with Gasteiger partial charge in [0.2, 0.25) is 0 Å². The highest BCUT2D eigenvalue weighted by Gasteiger charge is 2.20. The summed E-state index contributed by atoms with van der Waals surface area (Å²) in [6.07, 6.45) is 1.44. The second-order valence-corrected chi connectivity index (χ2v) is 7.51. The Morgan fingerprint density at radius 1 is 0.935 bits per heavy atom. The van der Waals surface area contributed by atoms with E-state index in [1.807, 2.05) is 50.4 Å². The molecule has 0 saturated carbocycles. The number of likely N-dealkylation sites (N-methyl/N-ethyl adjacent to an activating group) is 1. The normalized spacial score (nSPS) is 13.1. The van der Waals surface area contributed by atoms with Gasteiger partial charge in [-0.15, -0.1) is 0 Å². The molecule has 8 nitrogen and oxygen atoms in total. The molecule has 0 aliphatic carbocycles. The summed E-state index contributed by atoms with van der Waals surface area (Å²) >= 11 is 0. The highest BCUT2D eigenvalue weighted by Crippen LogP contribution is 2.19. The van der Waals surface area contributed by atoms with Crippen molar-refractivity contribution >= 4 is 29.2 Å². The maximum absolute atomic E-state index is 12.8. The number of nitrogens with one attached hydrogen (secondary N) is 2. The van der Waals surface area contributed by atoms with Crippen LogP contribution >= 0.6 is 0 Å². The lowest BCUT2D eigenvalue weighted by molar-refractivity contribution is 0.102. The van der Waals surface area contributed by atoms with Crippen molar-refractivity contribution in [2.75, 3.05) is 30.8 Å². The van der Waals surface area contributed by atoms with E-state index in [4.69, 9.17) is 0 Å². The van der Waals surface area contributed by atoms with Crippen molar-refractivity contribution in [1.29, 1.82) is 0 Å². The first kappa shape index (κ1) is 20.3. The molecule has 1 aliphatic heterocycles. The van der Waals surface area contributed by atoms with E-state index in [-0.39, 0.29) is 17.4 Å². The molecule has 2 amide bonds. The molecule has 3 aromatic rings. The van der Waals surface area contributed by atoms with Crippen molar-refractivity contribution in [1.82, 2.24) is 14.7 Å². The van der Waals surface area contributed by atoms with E-state index in [0.29, 0.717) is 17.1 Å². The van der Waals surface area contributed by atoms with Gasteiger partial charge in [-0.2, -0.15) is 5.10 Å². The van der Waals surface area contributed by atoms with E-state index < -0.39 is 0 Å². The molecule has 0 fully saturated rings. The van der Waals surface area contributed by atoms with Crippen LogP contribution in [0, 0.1) is 6.92 Å². The number of benzene rings is 2. The molecule has 1 aliphatic rings. The Bertz CT molecular complexity index is 1150. The predicted molar refractivity (Wildman–Crippen MR) is 121 cm³/mol. The second-order valence-electron chi connectivity index (χ2n) is 7.51. The van der Waals surface area contributed by atoms with Gasteiger partial charge in [0.1, 0.15) is 17.2 Å². The Kier molecular flexibility index (Phi) is 5.53. The third kappa shape index (κ3) is 4.32. The quantitative estimate of drug-likeness (QED) is 0.669. The number of anilines is 2. The first-order chi connectivity index (χ1) is 14.9. The summed E-state index contributed by atoms with van der Waals surface area (Å²) < 4.78 is 1.47. The van der Waals surface area contributed by atoms with Crippen LogP contribution in [0.1, 0.15) is 31.8 Å². The predicted octanol–water partition coefficient (Wildman–Crippen LogP) is 2.93. The zero-order valence-electron chi connectivity index (χ0n) is 17.7. The molecule has 4 rings (SSSR count). The lowest BCUT2D eigenvalue weighted by atomic mass is 10.1. The Morgan fingerprint density at radius 3 is 2.29 bits per heavy atom. The standard InChI is InChI=1S/C23H24N6O2/c1-15-4-10-18(11-5-15)26-23(31)19-14-25-29(3)21(19)27-22(30)17-8-6-16(7-9-17)20-24-12-13-28(20)2/h4-11,14H,12-13H2,1-3H3,(H,26,31)(H,27,30). The fourth-order valence-electron chi connectivity index (χ4n) is 3.38. The highest BCUT2D eigenvalue weighted by atomic mass is 16.2. The van der Waals surface area contributed by atoms with E-state index in [1.54, 1.807) is 19.2 Å². The van der Waals surface area contributed by atoms with Crippen LogP contribution < -0.4 is 10.6 Å². The summed E-state index contributed by atoms with van der Waals surface area (Å²) in [5.41, 5.74) is 3.51. The van der Waals surface area contributed by atoms with Crippen LogP contribution in [0.15, 0.2) is 59.7 Å². The zero-order chi connectivity index (χ0) is 22.0. The van der Waals surface area contributed by atoms with Crippen LogP contribution in [0.25, 0.3) is 0 Å². The summed E-state index contributed by atoms with van der Waals surface area (Å²) in [6, 6.07) is 14.8. The van der Waals surface area contributed by atoms with Gasteiger partial charge in [-0.1, -0.05) is 29.8 Å². The molecule has 0 atom stereocenters. The lowest BCUT2D eigenvalue weighted by Gasteiger charge is -2.14. The smallest absolute Gasteiger partial charge is 0.261 e. The van der Waals surface area contributed by atoms with E-state index >= 15 is 0 Å². The van der Waals surface area contributed by atoms with Gasteiger partial charge in [0, 0.05) is 37.5 Å². The van der Waals surface area contributed by atoms with Gasteiger partial charge in [0.25, 0.3) is 11.8 Å². The molecule has 2 heterocycles. The molecule has 8 heteroatoms. The van der Waals surface area contributed by atoms with Crippen LogP contribution in [-0.2, 0) is 7.05 Å². The number of hydrogen-bond acceptors (Lipinski definition) is 5. The van der Waals surface area contributed by atoms with Gasteiger partial charge in [0.15, 0.2) is 0 Å². The van der Waals surface area contributed by atoms with Gasteiger partial charge < -0.3 is 15.5 Å². The van der Waals surface area contributed by atoms with Crippen molar-refractivity contribution in [3.05, 3.63) is 77.0 Å². The minimum atomic E-state index is -0.343. The first-order valence-electron chi connectivity index (χ1n) is 10.00. The molecule has 0 unspecified atom stereocenters. The van der Waals surface area contributed by atoms with E-state index in [1.165, 1.54) is 10.9 Å². The molecule has 0 bridgehead atoms. The fourth-order valence-corrected chi connectivity index (χ4v) is 3.38. The minimum absolute atomic E-state index is 0.287.